The average molecular weight is 433 g/mol. The number of nitrogens with one attached hydrogen (secondary N) is 1. The first-order valence-corrected chi connectivity index (χ1v) is 10.8. The monoisotopic (exact) mass is 432 g/mol. The smallest absolute Gasteiger partial charge is 0.339 e. The highest BCUT2D eigenvalue weighted by atomic mass is 32.2. The second-order valence-electron chi connectivity index (χ2n) is 6.79. The summed E-state index contributed by atoms with van der Waals surface area (Å²) in [5, 5.41) is 12.2. The van der Waals surface area contributed by atoms with Crippen molar-refractivity contribution in [3.8, 4) is 11.8 Å². The molecular formula is C24H20N2O4S. The van der Waals surface area contributed by atoms with Crippen LogP contribution >= 0.6 is 0 Å². The average Bonchev–Trinajstić information content (AvgIpc) is 2.76. The molecule has 0 spiro atoms. The fraction of sp³-hybridized carbons (Fsp3) is 0.0833. The topological polar surface area (TPSA) is 96.3 Å². The second-order valence-corrected chi connectivity index (χ2v) is 8.34. The summed E-state index contributed by atoms with van der Waals surface area (Å²) in [4.78, 5) is 12.6. The normalized spacial score (nSPS) is 11.5. The molecule has 6 nitrogen and oxygen atoms in total. The quantitative estimate of drug-likeness (QED) is 0.348. The van der Waals surface area contributed by atoms with Crippen molar-refractivity contribution in [3.05, 3.63) is 95.1 Å². The molecule has 0 saturated heterocycles. The van der Waals surface area contributed by atoms with Crippen LogP contribution in [0.15, 0.2) is 83.3 Å². The molecule has 0 radical (unpaired) electrons. The van der Waals surface area contributed by atoms with Gasteiger partial charge in [0.15, 0.2) is 0 Å². The summed E-state index contributed by atoms with van der Waals surface area (Å²) in [6.45, 7) is 3.82. The Morgan fingerprint density at radius 2 is 1.71 bits per heavy atom. The zero-order chi connectivity index (χ0) is 22.4. The molecule has 0 heterocycles. The SMILES string of the molecule is Cc1cccc(NC(=O)/C(C#N)=C\c2cccc(OS(=O)(=O)c3ccccc3)c2)c1C. The van der Waals surface area contributed by atoms with Gasteiger partial charge in [0.1, 0.15) is 22.3 Å². The van der Waals surface area contributed by atoms with Crippen LogP contribution in [-0.4, -0.2) is 14.3 Å². The van der Waals surface area contributed by atoms with E-state index in [1.807, 2.05) is 32.0 Å². The van der Waals surface area contributed by atoms with Crippen molar-refractivity contribution in [2.24, 2.45) is 0 Å². The second kappa shape index (κ2) is 9.28. The third-order valence-corrected chi connectivity index (χ3v) is 5.89. The lowest BCUT2D eigenvalue weighted by Gasteiger charge is -2.10. The number of rotatable bonds is 6. The zero-order valence-electron chi connectivity index (χ0n) is 17.0. The lowest BCUT2D eigenvalue weighted by Crippen LogP contribution is -2.14. The summed E-state index contributed by atoms with van der Waals surface area (Å²) < 4.78 is 30.0. The first-order chi connectivity index (χ1) is 14.8. The van der Waals surface area contributed by atoms with E-state index in [1.54, 1.807) is 36.4 Å². The van der Waals surface area contributed by atoms with Gasteiger partial charge in [-0.2, -0.15) is 13.7 Å². The minimum Gasteiger partial charge on any atom is -0.379 e. The van der Waals surface area contributed by atoms with Gasteiger partial charge in [0.2, 0.25) is 0 Å². The summed E-state index contributed by atoms with van der Waals surface area (Å²) in [6, 6.07) is 21.3. The van der Waals surface area contributed by atoms with Crippen LogP contribution in [0.25, 0.3) is 6.08 Å². The molecule has 0 unspecified atom stereocenters. The van der Waals surface area contributed by atoms with Crippen LogP contribution in [0.4, 0.5) is 5.69 Å². The zero-order valence-corrected chi connectivity index (χ0v) is 17.8. The standard InChI is InChI=1S/C24H20N2O4S/c1-17-8-6-13-23(18(17)2)26-24(27)20(16-25)14-19-9-7-10-21(15-19)30-31(28,29)22-11-4-3-5-12-22/h3-15H,1-2H3,(H,26,27)/b20-14-. The number of hydrogen-bond donors (Lipinski definition) is 1. The number of amides is 1. The molecule has 0 aliphatic heterocycles. The molecule has 0 fully saturated rings. The maximum atomic E-state index is 12.6. The van der Waals surface area contributed by atoms with Gasteiger partial charge in [-0.25, -0.2) is 0 Å². The molecule has 1 amide bonds. The Kier molecular flexibility index (Phi) is 6.53. The predicted octanol–water partition coefficient (Wildman–Crippen LogP) is 4.62. The lowest BCUT2D eigenvalue weighted by molar-refractivity contribution is -0.112. The molecular weight excluding hydrogens is 412 g/mol. The molecule has 3 aromatic rings. The summed E-state index contributed by atoms with van der Waals surface area (Å²) in [7, 11) is -3.99. The Labute approximate surface area is 181 Å². The number of benzene rings is 3. The van der Waals surface area contributed by atoms with Crippen molar-refractivity contribution >= 4 is 27.8 Å². The van der Waals surface area contributed by atoms with Crippen LogP contribution in [0.3, 0.4) is 0 Å². The Hall–Kier alpha value is -3.89. The van der Waals surface area contributed by atoms with Crippen molar-refractivity contribution in [2.75, 3.05) is 5.32 Å². The highest BCUT2D eigenvalue weighted by Crippen LogP contribution is 2.22. The predicted molar refractivity (Wildman–Crippen MR) is 119 cm³/mol. The molecule has 3 rings (SSSR count). The number of hydrogen-bond acceptors (Lipinski definition) is 5. The van der Waals surface area contributed by atoms with Crippen molar-refractivity contribution in [1.29, 1.82) is 5.26 Å². The molecule has 31 heavy (non-hydrogen) atoms. The number of nitriles is 1. The number of carbonyl (C=O) groups is 1. The van der Waals surface area contributed by atoms with Crippen LogP contribution in [-0.2, 0) is 14.9 Å². The van der Waals surface area contributed by atoms with Crippen molar-refractivity contribution in [3.63, 3.8) is 0 Å². The molecule has 0 atom stereocenters. The highest BCUT2D eigenvalue weighted by Gasteiger charge is 2.16. The Bertz CT molecular complexity index is 1290. The van der Waals surface area contributed by atoms with Gasteiger partial charge in [-0.15, -0.1) is 0 Å². The molecule has 0 aliphatic rings. The van der Waals surface area contributed by atoms with Crippen LogP contribution in [0.1, 0.15) is 16.7 Å². The minimum absolute atomic E-state index is 0.0292. The Morgan fingerprint density at radius 1 is 1.00 bits per heavy atom. The summed E-state index contributed by atoms with van der Waals surface area (Å²) in [5.41, 5.74) is 2.88. The number of carbonyl (C=O) groups excluding carboxylic acids is 1. The summed E-state index contributed by atoms with van der Waals surface area (Å²) in [5.74, 6) is -0.482. The first-order valence-electron chi connectivity index (χ1n) is 9.39. The van der Waals surface area contributed by atoms with E-state index in [-0.39, 0.29) is 16.2 Å². The fourth-order valence-corrected chi connectivity index (χ4v) is 3.75. The summed E-state index contributed by atoms with van der Waals surface area (Å²) >= 11 is 0. The molecule has 7 heteroatoms. The first kappa shape index (κ1) is 21.8. The van der Waals surface area contributed by atoms with Gasteiger partial charge >= 0.3 is 10.1 Å². The molecule has 0 aliphatic carbocycles. The Morgan fingerprint density at radius 3 is 2.42 bits per heavy atom. The van der Waals surface area contributed by atoms with Gasteiger partial charge in [-0.05, 0) is 66.9 Å². The van der Waals surface area contributed by atoms with E-state index in [9.17, 15) is 18.5 Å². The van der Waals surface area contributed by atoms with Gasteiger partial charge in [0.25, 0.3) is 5.91 Å². The third-order valence-electron chi connectivity index (χ3n) is 4.62. The van der Waals surface area contributed by atoms with E-state index in [2.05, 4.69) is 5.32 Å². The number of nitrogens with zero attached hydrogens (tertiary/aromatic N) is 1. The molecule has 3 aromatic carbocycles. The third kappa shape index (κ3) is 5.38. The molecule has 0 saturated carbocycles. The molecule has 0 aromatic heterocycles. The maximum Gasteiger partial charge on any atom is 0.339 e. The van der Waals surface area contributed by atoms with E-state index in [0.29, 0.717) is 11.3 Å². The highest BCUT2D eigenvalue weighted by molar-refractivity contribution is 7.87. The molecule has 1 N–H and O–H groups in total. The van der Waals surface area contributed by atoms with E-state index in [4.69, 9.17) is 4.18 Å². The van der Waals surface area contributed by atoms with Gasteiger partial charge in [0.05, 0.1) is 0 Å². The lowest BCUT2D eigenvalue weighted by atomic mass is 10.1. The van der Waals surface area contributed by atoms with Gasteiger partial charge < -0.3 is 9.50 Å². The van der Waals surface area contributed by atoms with E-state index < -0.39 is 16.0 Å². The molecule has 0 bridgehead atoms. The number of aryl methyl sites for hydroxylation is 1. The van der Waals surface area contributed by atoms with Crippen LogP contribution < -0.4 is 9.50 Å². The minimum atomic E-state index is -3.99. The number of anilines is 1. The van der Waals surface area contributed by atoms with Crippen molar-refractivity contribution in [1.82, 2.24) is 0 Å². The van der Waals surface area contributed by atoms with Crippen molar-refractivity contribution < 1.29 is 17.4 Å². The van der Waals surface area contributed by atoms with Gasteiger partial charge in [0, 0.05) is 5.69 Å². The van der Waals surface area contributed by atoms with Crippen molar-refractivity contribution in [2.45, 2.75) is 18.7 Å². The van der Waals surface area contributed by atoms with Crippen LogP contribution in [0.2, 0.25) is 0 Å². The van der Waals surface area contributed by atoms with Gasteiger partial charge in [-0.3, -0.25) is 4.79 Å². The van der Waals surface area contributed by atoms with Crippen LogP contribution in [0.5, 0.6) is 5.75 Å². The van der Waals surface area contributed by atoms with E-state index >= 15 is 0 Å². The van der Waals surface area contributed by atoms with Gasteiger partial charge in [-0.1, -0.05) is 42.5 Å². The molecule has 156 valence electrons. The summed E-state index contributed by atoms with van der Waals surface area (Å²) in [6.07, 6.45) is 1.38. The fourth-order valence-electron chi connectivity index (χ4n) is 2.81. The van der Waals surface area contributed by atoms with Crippen LogP contribution in [0, 0.1) is 25.2 Å². The largest absolute Gasteiger partial charge is 0.379 e. The van der Waals surface area contributed by atoms with E-state index in [0.717, 1.165) is 11.1 Å². The maximum absolute atomic E-state index is 12.6. The van der Waals surface area contributed by atoms with E-state index in [1.165, 1.54) is 30.3 Å². The Balaban J connectivity index is 1.83.